The number of azide groups is 1. The molecule has 0 aliphatic rings. The third kappa shape index (κ3) is 1.83. The normalized spacial score (nSPS) is 10.4. The lowest BCUT2D eigenvalue weighted by Crippen LogP contribution is -1.92. The van der Waals surface area contributed by atoms with Gasteiger partial charge in [-0.25, -0.2) is 0 Å². The number of hydrogen-bond acceptors (Lipinski definition) is 2. The number of aromatic nitrogens is 1. The Hall–Kier alpha value is -2.06. The Bertz CT molecular complexity index is 568. The van der Waals surface area contributed by atoms with Crippen molar-refractivity contribution in [2.24, 2.45) is 5.11 Å². The van der Waals surface area contributed by atoms with Gasteiger partial charge in [0.2, 0.25) is 0 Å². The minimum atomic E-state index is 0.364. The first-order chi connectivity index (χ1) is 7.72. The monoisotopic (exact) mass is 212 g/mol. The van der Waals surface area contributed by atoms with Gasteiger partial charge in [0.25, 0.3) is 0 Å². The number of nitrogens with zero attached hydrogens (tertiary/aromatic N) is 4. The van der Waals surface area contributed by atoms with Gasteiger partial charge in [0.05, 0.1) is 11.2 Å². The van der Waals surface area contributed by atoms with Crippen LogP contribution in [0.5, 0.6) is 0 Å². The molecule has 0 aliphatic carbocycles. The molecule has 0 saturated carbocycles. The molecule has 4 nitrogen and oxygen atoms in total. The van der Waals surface area contributed by atoms with Crippen molar-refractivity contribution in [3.05, 3.63) is 46.5 Å². The predicted octanol–water partition coefficient (Wildman–Crippen LogP) is 4.30. The fourth-order valence-corrected chi connectivity index (χ4v) is 1.60. The number of rotatable bonds is 2. The quantitative estimate of drug-likeness (QED) is 0.416. The molecule has 0 N–H and O–H groups in total. The molecular weight excluding hydrogens is 200 g/mol. The summed E-state index contributed by atoms with van der Waals surface area (Å²) in [6.07, 6.45) is 0. The van der Waals surface area contributed by atoms with Crippen LogP contribution in [0.1, 0.15) is 25.5 Å². The third-order valence-corrected chi connectivity index (χ3v) is 2.46. The molecule has 1 aromatic carbocycles. The maximum atomic E-state index is 8.49. The van der Waals surface area contributed by atoms with Crippen LogP contribution in [0.15, 0.2) is 35.4 Å². The second-order valence-corrected chi connectivity index (χ2v) is 3.93. The minimum absolute atomic E-state index is 0.364. The predicted molar refractivity (Wildman–Crippen MR) is 64.6 cm³/mol. The van der Waals surface area contributed by atoms with Gasteiger partial charge in [0.1, 0.15) is 0 Å². The van der Waals surface area contributed by atoms with Gasteiger partial charge in [0, 0.05) is 16.0 Å². The van der Waals surface area contributed by atoms with Gasteiger partial charge >= 0.3 is 0 Å². The molecule has 2 aromatic rings. The van der Waals surface area contributed by atoms with E-state index < -0.39 is 0 Å². The lowest BCUT2D eigenvalue weighted by Gasteiger charge is -2.07. The fourth-order valence-electron chi connectivity index (χ4n) is 1.60. The highest BCUT2D eigenvalue weighted by atomic mass is 15.1. The van der Waals surface area contributed by atoms with Crippen LogP contribution in [0.25, 0.3) is 21.3 Å². The van der Waals surface area contributed by atoms with Crippen LogP contribution in [0, 0.1) is 0 Å². The van der Waals surface area contributed by atoms with Crippen molar-refractivity contribution >= 4 is 16.6 Å². The highest BCUT2D eigenvalue weighted by Crippen LogP contribution is 2.26. The maximum Gasteiger partial charge on any atom is 0.0801 e. The number of benzene rings is 1. The van der Waals surface area contributed by atoms with E-state index in [1.165, 1.54) is 0 Å². The number of pyridine rings is 1. The van der Waals surface area contributed by atoms with E-state index in [9.17, 15) is 0 Å². The summed E-state index contributed by atoms with van der Waals surface area (Å²) in [6.45, 7) is 4.18. The standard InChI is InChI=1S/C12H12N4/c1-8(2)10-7-6-9-4-3-5-11(15-16-13)12(9)14-10/h3-8H,1-2H3. The molecule has 0 aliphatic heterocycles. The van der Waals surface area contributed by atoms with Gasteiger partial charge < -0.3 is 0 Å². The van der Waals surface area contributed by atoms with E-state index in [1.54, 1.807) is 6.07 Å². The van der Waals surface area contributed by atoms with Crippen LogP contribution in [-0.2, 0) is 0 Å². The molecule has 0 fully saturated rings. The molecule has 2 rings (SSSR count). The topological polar surface area (TPSA) is 61.7 Å². The van der Waals surface area contributed by atoms with Gasteiger partial charge in [0.15, 0.2) is 0 Å². The SMILES string of the molecule is CC(C)c1ccc2cccc(N=[N+]=[N-])c2n1. The number of hydrogen-bond donors (Lipinski definition) is 0. The molecule has 0 saturated heterocycles. The number of fused-ring (bicyclic) bond motifs is 1. The van der Waals surface area contributed by atoms with Gasteiger partial charge in [-0.15, -0.1) is 0 Å². The molecule has 1 heterocycles. The van der Waals surface area contributed by atoms with E-state index in [1.807, 2.05) is 24.3 Å². The zero-order chi connectivity index (χ0) is 11.5. The molecule has 0 spiro atoms. The van der Waals surface area contributed by atoms with Crippen LogP contribution in [-0.4, -0.2) is 4.98 Å². The summed E-state index contributed by atoms with van der Waals surface area (Å²) < 4.78 is 0. The molecule has 0 unspecified atom stereocenters. The van der Waals surface area contributed by atoms with Crippen molar-refractivity contribution in [1.82, 2.24) is 4.98 Å². The summed E-state index contributed by atoms with van der Waals surface area (Å²) in [5.74, 6) is 0.364. The largest absolute Gasteiger partial charge is 0.252 e. The Morgan fingerprint density at radius 1 is 1.25 bits per heavy atom. The zero-order valence-corrected chi connectivity index (χ0v) is 9.25. The van der Waals surface area contributed by atoms with E-state index >= 15 is 0 Å². The average Bonchev–Trinajstić information content (AvgIpc) is 2.29. The number of para-hydroxylation sites is 1. The molecule has 0 radical (unpaired) electrons. The van der Waals surface area contributed by atoms with Gasteiger partial charge in [-0.2, -0.15) is 0 Å². The summed E-state index contributed by atoms with van der Waals surface area (Å²) in [5.41, 5.74) is 10.9. The summed E-state index contributed by atoms with van der Waals surface area (Å²) in [4.78, 5) is 7.34. The van der Waals surface area contributed by atoms with Crippen LogP contribution < -0.4 is 0 Å². The smallest absolute Gasteiger partial charge is 0.0801 e. The molecule has 0 amide bonds. The Labute approximate surface area is 93.6 Å². The van der Waals surface area contributed by atoms with Crippen molar-refractivity contribution in [1.29, 1.82) is 0 Å². The molecule has 16 heavy (non-hydrogen) atoms. The minimum Gasteiger partial charge on any atom is -0.252 e. The van der Waals surface area contributed by atoms with E-state index in [4.69, 9.17) is 5.53 Å². The molecule has 1 aromatic heterocycles. The summed E-state index contributed by atoms with van der Waals surface area (Å²) in [5, 5.41) is 4.65. The Morgan fingerprint density at radius 3 is 2.75 bits per heavy atom. The summed E-state index contributed by atoms with van der Waals surface area (Å²) in [7, 11) is 0. The lowest BCUT2D eigenvalue weighted by atomic mass is 10.1. The first kappa shape index (κ1) is 10.5. The van der Waals surface area contributed by atoms with E-state index in [0.717, 1.165) is 16.6 Å². The van der Waals surface area contributed by atoms with Crippen molar-refractivity contribution < 1.29 is 0 Å². The molecule has 80 valence electrons. The first-order valence-corrected chi connectivity index (χ1v) is 5.17. The Balaban J connectivity index is 2.73. The van der Waals surface area contributed by atoms with Gasteiger partial charge in [-0.3, -0.25) is 4.98 Å². The molecular formula is C12H12N4. The van der Waals surface area contributed by atoms with Crippen molar-refractivity contribution in [3.63, 3.8) is 0 Å². The Kier molecular flexibility index (Phi) is 2.75. The molecule has 0 atom stereocenters. The van der Waals surface area contributed by atoms with Gasteiger partial charge in [-0.05, 0) is 17.5 Å². The summed E-state index contributed by atoms with van der Waals surface area (Å²) in [6, 6.07) is 9.62. The van der Waals surface area contributed by atoms with Crippen molar-refractivity contribution in [2.45, 2.75) is 19.8 Å². The third-order valence-electron chi connectivity index (χ3n) is 2.46. The lowest BCUT2D eigenvalue weighted by molar-refractivity contribution is 0.830. The van der Waals surface area contributed by atoms with E-state index in [2.05, 4.69) is 28.9 Å². The Morgan fingerprint density at radius 2 is 2.06 bits per heavy atom. The van der Waals surface area contributed by atoms with Crippen molar-refractivity contribution in [2.75, 3.05) is 0 Å². The highest BCUT2D eigenvalue weighted by molar-refractivity contribution is 5.88. The second-order valence-electron chi connectivity index (χ2n) is 3.93. The average molecular weight is 212 g/mol. The molecule has 4 heteroatoms. The van der Waals surface area contributed by atoms with Crippen LogP contribution in [0.4, 0.5) is 5.69 Å². The zero-order valence-electron chi connectivity index (χ0n) is 9.25. The van der Waals surface area contributed by atoms with Crippen LogP contribution >= 0.6 is 0 Å². The van der Waals surface area contributed by atoms with Gasteiger partial charge in [-0.1, -0.05) is 43.2 Å². The second kappa shape index (κ2) is 4.21. The highest BCUT2D eigenvalue weighted by Gasteiger charge is 2.04. The summed E-state index contributed by atoms with van der Waals surface area (Å²) >= 11 is 0. The first-order valence-electron chi connectivity index (χ1n) is 5.17. The maximum absolute atomic E-state index is 8.49. The van der Waals surface area contributed by atoms with Crippen molar-refractivity contribution in [3.8, 4) is 0 Å². The molecule has 0 bridgehead atoms. The van der Waals surface area contributed by atoms with Crippen LogP contribution in [0.3, 0.4) is 0 Å². The fraction of sp³-hybridized carbons (Fsp3) is 0.250. The van der Waals surface area contributed by atoms with E-state index in [-0.39, 0.29) is 0 Å². The van der Waals surface area contributed by atoms with Crippen LogP contribution in [0.2, 0.25) is 0 Å². The van der Waals surface area contributed by atoms with E-state index in [0.29, 0.717) is 11.6 Å².